The largest absolute Gasteiger partial charge is 0.143 e. The van der Waals surface area contributed by atoms with Gasteiger partial charge in [-0.15, -0.1) is 11.3 Å². The van der Waals surface area contributed by atoms with Crippen molar-refractivity contribution >= 4 is 49.3 Å². The summed E-state index contributed by atoms with van der Waals surface area (Å²) in [6.45, 7) is 2.10. The topological polar surface area (TPSA) is 0 Å². The van der Waals surface area contributed by atoms with Crippen LogP contribution < -0.4 is 0 Å². The summed E-state index contributed by atoms with van der Waals surface area (Å²) >= 11 is 8.64. The number of thiophene rings is 1. The molecule has 0 aliphatic carbocycles. The summed E-state index contributed by atoms with van der Waals surface area (Å²) in [6, 6.07) is 2.06. The van der Waals surface area contributed by atoms with Gasteiger partial charge in [0.25, 0.3) is 0 Å². The first kappa shape index (κ1) is 9.49. The molecule has 1 heterocycles. The summed E-state index contributed by atoms with van der Waals surface area (Å²) in [5.41, 5.74) is 0. The Labute approximate surface area is 87.6 Å². The van der Waals surface area contributed by atoms with Crippen LogP contribution >= 0.6 is 43.2 Å². The van der Waals surface area contributed by atoms with E-state index in [9.17, 15) is 0 Å². The van der Waals surface area contributed by atoms with Crippen LogP contribution in [-0.2, 0) is 0 Å². The van der Waals surface area contributed by atoms with Gasteiger partial charge in [0.15, 0.2) is 0 Å². The van der Waals surface area contributed by atoms with Crippen LogP contribution in [0.25, 0.3) is 6.08 Å². The van der Waals surface area contributed by atoms with E-state index in [1.807, 2.05) is 0 Å². The van der Waals surface area contributed by atoms with E-state index in [-0.39, 0.29) is 0 Å². The van der Waals surface area contributed by atoms with Gasteiger partial charge < -0.3 is 0 Å². The highest BCUT2D eigenvalue weighted by Gasteiger charge is 1.95. The predicted molar refractivity (Wildman–Crippen MR) is 59.4 cm³/mol. The molecule has 1 aromatic rings. The van der Waals surface area contributed by atoms with Gasteiger partial charge in [0.1, 0.15) is 0 Å². The molecule has 11 heavy (non-hydrogen) atoms. The van der Waals surface area contributed by atoms with Crippen LogP contribution in [-0.4, -0.2) is 4.83 Å². The third kappa shape index (κ3) is 3.09. The summed E-state index contributed by atoms with van der Waals surface area (Å²) in [6.07, 6.45) is 4.24. The minimum Gasteiger partial charge on any atom is -0.143 e. The maximum Gasteiger partial charge on any atom is 0.0409 e. The van der Waals surface area contributed by atoms with Crippen LogP contribution in [0.2, 0.25) is 0 Å². The first-order valence-corrected chi connectivity index (χ1v) is 5.84. The summed E-state index contributed by atoms with van der Waals surface area (Å²) < 4.78 is 1.17. The Morgan fingerprint density at radius 1 is 1.64 bits per heavy atom. The fourth-order valence-corrected chi connectivity index (χ4v) is 2.21. The van der Waals surface area contributed by atoms with Crippen molar-refractivity contribution in [1.29, 1.82) is 0 Å². The lowest BCUT2D eigenvalue weighted by atomic mass is 10.3. The van der Waals surface area contributed by atoms with Gasteiger partial charge in [-0.1, -0.05) is 22.0 Å². The lowest BCUT2D eigenvalue weighted by Crippen LogP contribution is -1.78. The summed E-state index contributed by atoms with van der Waals surface area (Å²) in [7, 11) is 0. The molecule has 0 aromatic carbocycles. The Kier molecular flexibility index (Phi) is 3.82. The van der Waals surface area contributed by atoms with Gasteiger partial charge in [-0.2, -0.15) is 0 Å². The molecule has 0 fully saturated rings. The van der Waals surface area contributed by atoms with E-state index in [0.29, 0.717) is 4.83 Å². The Morgan fingerprint density at radius 2 is 2.36 bits per heavy atom. The molecule has 0 saturated heterocycles. The molecule has 0 radical (unpaired) electrons. The Hall–Kier alpha value is 0.400. The van der Waals surface area contributed by atoms with Gasteiger partial charge in [-0.05, 0) is 40.4 Å². The average molecular weight is 296 g/mol. The molecule has 0 spiro atoms. The maximum absolute atomic E-state index is 3.46. The van der Waals surface area contributed by atoms with E-state index < -0.39 is 0 Å². The van der Waals surface area contributed by atoms with Crippen LogP contribution in [0.15, 0.2) is 22.0 Å². The highest BCUT2D eigenvalue weighted by Crippen LogP contribution is 2.24. The fourth-order valence-electron chi connectivity index (χ4n) is 0.644. The number of hydrogen-bond donors (Lipinski definition) is 0. The first-order valence-electron chi connectivity index (χ1n) is 3.25. The molecule has 0 aliphatic heterocycles. The SMILES string of the molecule is CC(Br)/C=C/c1sccc1Br. The van der Waals surface area contributed by atoms with E-state index in [1.54, 1.807) is 11.3 Å². The van der Waals surface area contributed by atoms with Crippen molar-refractivity contribution in [3.8, 4) is 0 Å². The maximum atomic E-state index is 3.46. The van der Waals surface area contributed by atoms with Crippen molar-refractivity contribution in [3.05, 3.63) is 26.9 Å². The molecular formula is C8H8Br2S. The zero-order chi connectivity index (χ0) is 8.27. The highest BCUT2D eigenvalue weighted by molar-refractivity contribution is 9.10. The average Bonchev–Trinajstić information content (AvgIpc) is 2.31. The molecule has 0 bridgehead atoms. The smallest absolute Gasteiger partial charge is 0.0409 e. The van der Waals surface area contributed by atoms with Crippen molar-refractivity contribution in [2.24, 2.45) is 0 Å². The van der Waals surface area contributed by atoms with Crippen molar-refractivity contribution in [1.82, 2.24) is 0 Å². The molecule has 1 atom stereocenters. The minimum atomic E-state index is 0.441. The van der Waals surface area contributed by atoms with E-state index in [1.165, 1.54) is 9.35 Å². The van der Waals surface area contributed by atoms with Gasteiger partial charge in [0.05, 0.1) is 0 Å². The summed E-state index contributed by atoms with van der Waals surface area (Å²) in [4.78, 5) is 1.72. The van der Waals surface area contributed by atoms with E-state index in [0.717, 1.165) is 0 Å². The second-order valence-electron chi connectivity index (χ2n) is 2.17. The van der Waals surface area contributed by atoms with Gasteiger partial charge in [0.2, 0.25) is 0 Å². The molecule has 0 saturated carbocycles. The van der Waals surface area contributed by atoms with Crippen LogP contribution in [0.3, 0.4) is 0 Å². The number of halogens is 2. The Balaban J connectivity index is 2.71. The zero-order valence-electron chi connectivity index (χ0n) is 6.05. The van der Waals surface area contributed by atoms with Gasteiger partial charge in [0, 0.05) is 14.2 Å². The molecule has 0 N–H and O–H groups in total. The number of hydrogen-bond acceptors (Lipinski definition) is 1. The van der Waals surface area contributed by atoms with Crippen LogP contribution in [0.4, 0.5) is 0 Å². The monoisotopic (exact) mass is 294 g/mol. The van der Waals surface area contributed by atoms with E-state index in [4.69, 9.17) is 0 Å². The molecule has 0 aliphatic rings. The van der Waals surface area contributed by atoms with Crippen LogP contribution in [0.1, 0.15) is 11.8 Å². The molecular weight excluding hydrogens is 288 g/mol. The second kappa shape index (κ2) is 4.43. The predicted octanol–water partition coefficient (Wildman–Crippen LogP) is 4.31. The quantitative estimate of drug-likeness (QED) is 0.713. The first-order chi connectivity index (χ1) is 5.20. The lowest BCUT2D eigenvalue weighted by molar-refractivity contribution is 1.29. The standard InChI is InChI=1S/C8H8Br2S/c1-6(9)2-3-8-7(10)4-5-11-8/h2-6H,1H3/b3-2+. The second-order valence-corrected chi connectivity index (χ2v) is 5.42. The minimum absolute atomic E-state index is 0.441. The van der Waals surface area contributed by atoms with Crippen molar-refractivity contribution in [2.75, 3.05) is 0 Å². The van der Waals surface area contributed by atoms with E-state index >= 15 is 0 Å². The summed E-state index contributed by atoms with van der Waals surface area (Å²) in [5.74, 6) is 0. The molecule has 1 rings (SSSR count). The number of rotatable bonds is 2. The van der Waals surface area contributed by atoms with Crippen LogP contribution in [0, 0.1) is 0 Å². The Bertz CT molecular complexity index is 250. The molecule has 3 heteroatoms. The van der Waals surface area contributed by atoms with Crippen molar-refractivity contribution in [3.63, 3.8) is 0 Å². The molecule has 1 unspecified atom stereocenters. The van der Waals surface area contributed by atoms with Gasteiger partial charge in [-0.3, -0.25) is 0 Å². The third-order valence-electron chi connectivity index (χ3n) is 1.16. The molecule has 60 valence electrons. The van der Waals surface area contributed by atoms with Crippen LogP contribution in [0.5, 0.6) is 0 Å². The van der Waals surface area contributed by atoms with Gasteiger partial charge >= 0.3 is 0 Å². The lowest BCUT2D eigenvalue weighted by Gasteiger charge is -1.90. The number of allylic oxidation sites excluding steroid dienone is 1. The Morgan fingerprint density at radius 3 is 2.82 bits per heavy atom. The fraction of sp³-hybridized carbons (Fsp3) is 0.250. The molecule has 0 nitrogen and oxygen atoms in total. The normalized spacial score (nSPS) is 14.1. The van der Waals surface area contributed by atoms with E-state index in [2.05, 4.69) is 62.4 Å². The molecule has 0 amide bonds. The summed E-state index contributed by atoms with van der Waals surface area (Å²) in [5, 5.41) is 2.07. The third-order valence-corrected chi connectivity index (χ3v) is 3.30. The van der Waals surface area contributed by atoms with Crippen molar-refractivity contribution < 1.29 is 0 Å². The van der Waals surface area contributed by atoms with Crippen molar-refractivity contribution in [2.45, 2.75) is 11.8 Å². The molecule has 1 aromatic heterocycles. The van der Waals surface area contributed by atoms with Gasteiger partial charge in [-0.25, -0.2) is 0 Å². The number of alkyl halides is 1. The highest BCUT2D eigenvalue weighted by atomic mass is 79.9. The zero-order valence-corrected chi connectivity index (χ0v) is 10.0.